The second-order valence-electron chi connectivity index (χ2n) is 7.45. The first-order chi connectivity index (χ1) is 14.9. The van der Waals surface area contributed by atoms with Crippen LogP contribution in [0.5, 0.6) is 5.75 Å². The molecule has 0 bridgehead atoms. The van der Waals surface area contributed by atoms with E-state index in [1.165, 1.54) is 7.11 Å². The average Bonchev–Trinajstić information content (AvgIpc) is 3.07. The number of nitrogen functional groups attached to an aromatic ring is 1. The van der Waals surface area contributed by atoms with Gasteiger partial charge in [0.25, 0.3) is 0 Å². The second-order valence-corrected chi connectivity index (χ2v) is 7.45. The number of amidine groups is 1. The van der Waals surface area contributed by atoms with Crippen LogP contribution < -0.4 is 10.5 Å². The lowest BCUT2D eigenvalue weighted by atomic mass is 10.0. The number of benzene rings is 2. The van der Waals surface area contributed by atoms with Crippen molar-refractivity contribution in [3.63, 3.8) is 0 Å². The Kier molecular flexibility index (Phi) is 9.04. The molecule has 172 valence electrons. The van der Waals surface area contributed by atoms with Crippen molar-refractivity contribution >= 4 is 30.1 Å². The molecule has 0 aromatic heterocycles. The van der Waals surface area contributed by atoms with Gasteiger partial charge in [-0.2, -0.15) is 0 Å². The number of β-amino-alcohol motifs (C(OH)–C–C–N with tert-alkyl or cyclic N) is 1. The smallest absolute Gasteiger partial charge is 0.306 e. The maximum atomic E-state index is 12.6. The van der Waals surface area contributed by atoms with Gasteiger partial charge in [-0.25, -0.2) is 0 Å². The molecule has 0 aliphatic carbocycles. The first-order valence-corrected chi connectivity index (χ1v) is 10.1. The van der Waals surface area contributed by atoms with Crippen molar-refractivity contribution in [3.05, 3.63) is 54.1 Å². The van der Waals surface area contributed by atoms with Crippen LogP contribution in [0.2, 0.25) is 0 Å². The fourth-order valence-corrected chi connectivity index (χ4v) is 3.76. The van der Waals surface area contributed by atoms with E-state index < -0.39 is 11.9 Å². The number of carbonyl (C=O) groups is 2. The third-order valence-corrected chi connectivity index (χ3v) is 5.44. The molecule has 32 heavy (non-hydrogen) atoms. The lowest BCUT2D eigenvalue weighted by Crippen LogP contribution is -2.39. The van der Waals surface area contributed by atoms with E-state index in [1.807, 2.05) is 36.4 Å². The fourth-order valence-electron chi connectivity index (χ4n) is 3.76. The van der Waals surface area contributed by atoms with E-state index in [9.17, 15) is 14.7 Å². The highest BCUT2D eigenvalue weighted by atomic mass is 35.5. The van der Waals surface area contributed by atoms with Gasteiger partial charge in [0.05, 0.1) is 32.1 Å². The minimum Gasteiger partial charge on any atom is -0.491 e. The maximum Gasteiger partial charge on any atom is 0.306 e. The molecule has 1 amide bonds. The normalized spacial score (nSPS) is 17.6. The zero-order valence-corrected chi connectivity index (χ0v) is 18.6. The number of aliphatic hydroxyl groups is 1. The number of ether oxygens (including phenoxy) is 2. The molecule has 9 heteroatoms. The summed E-state index contributed by atoms with van der Waals surface area (Å²) in [6, 6.07) is 14.8. The van der Waals surface area contributed by atoms with Crippen LogP contribution in [-0.2, 0) is 14.3 Å². The van der Waals surface area contributed by atoms with Crippen LogP contribution in [0.1, 0.15) is 18.4 Å². The number of nitrogens with zero attached hydrogens (tertiary/aromatic N) is 1. The minimum atomic E-state index is -0.451. The first kappa shape index (κ1) is 25.2. The summed E-state index contributed by atoms with van der Waals surface area (Å²) in [5.41, 5.74) is 8.16. The highest BCUT2D eigenvalue weighted by Crippen LogP contribution is 2.29. The average molecular weight is 462 g/mol. The summed E-state index contributed by atoms with van der Waals surface area (Å²) in [7, 11) is 1.30. The molecule has 2 aromatic rings. The van der Waals surface area contributed by atoms with Gasteiger partial charge < -0.3 is 25.2 Å². The number of aliphatic hydroxyl groups excluding tert-OH is 1. The molecule has 1 fully saturated rings. The summed E-state index contributed by atoms with van der Waals surface area (Å²) < 4.78 is 10.6. The molecule has 0 unspecified atom stereocenters. The number of methoxy groups -OCH3 is 1. The van der Waals surface area contributed by atoms with E-state index in [4.69, 9.17) is 15.9 Å². The Bertz CT molecular complexity index is 934. The Balaban J connectivity index is 0.00000363. The number of amides is 1. The molecule has 2 atom stereocenters. The van der Waals surface area contributed by atoms with Gasteiger partial charge in [-0.3, -0.25) is 15.0 Å². The van der Waals surface area contributed by atoms with Gasteiger partial charge in [-0.1, -0.05) is 36.4 Å². The molecule has 1 aliphatic rings. The number of nitrogens with one attached hydrogen (secondary N) is 1. The van der Waals surface area contributed by atoms with E-state index in [0.29, 0.717) is 17.7 Å². The number of nitrogens with two attached hydrogens (primary N) is 1. The minimum absolute atomic E-state index is 0. The van der Waals surface area contributed by atoms with Crippen molar-refractivity contribution in [2.45, 2.75) is 18.9 Å². The fraction of sp³-hybridized carbons (Fsp3) is 0.348. The van der Waals surface area contributed by atoms with Gasteiger partial charge in [0, 0.05) is 12.1 Å². The second kappa shape index (κ2) is 11.5. The molecule has 8 nitrogen and oxygen atoms in total. The van der Waals surface area contributed by atoms with Crippen molar-refractivity contribution in [2.75, 3.05) is 26.9 Å². The van der Waals surface area contributed by atoms with E-state index in [0.717, 1.165) is 11.1 Å². The molecule has 4 N–H and O–H groups in total. The van der Waals surface area contributed by atoms with Crippen molar-refractivity contribution < 1.29 is 24.2 Å². The number of carbonyl (C=O) groups excluding carboxylic acids is 2. The Hall–Kier alpha value is -3.10. The number of esters is 1. The summed E-state index contributed by atoms with van der Waals surface area (Å²) in [6.07, 6.45) is 0.513. The summed E-state index contributed by atoms with van der Waals surface area (Å²) in [6.45, 7) is 0.333. The van der Waals surface area contributed by atoms with Crippen LogP contribution in [0.25, 0.3) is 11.1 Å². The molecule has 1 heterocycles. The Labute approximate surface area is 193 Å². The van der Waals surface area contributed by atoms with Crippen LogP contribution in [0.15, 0.2) is 48.5 Å². The summed E-state index contributed by atoms with van der Waals surface area (Å²) in [5, 5.41) is 16.8. The van der Waals surface area contributed by atoms with Gasteiger partial charge in [-0.05, 0) is 29.7 Å². The van der Waals surface area contributed by atoms with Crippen molar-refractivity contribution in [1.82, 2.24) is 4.90 Å². The summed E-state index contributed by atoms with van der Waals surface area (Å²) >= 11 is 0. The van der Waals surface area contributed by atoms with Crippen LogP contribution in [0.3, 0.4) is 0 Å². The van der Waals surface area contributed by atoms with Gasteiger partial charge in [0.2, 0.25) is 5.91 Å². The predicted molar refractivity (Wildman–Crippen MR) is 123 cm³/mol. The first-order valence-electron chi connectivity index (χ1n) is 10.1. The van der Waals surface area contributed by atoms with Crippen molar-refractivity contribution in [2.24, 2.45) is 11.7 Å². The van der Waals surface area contributed by atoms with Crippen LogP contribution in [-0.4, -0.2) is 60.6 Å². The molecule has 0 radical (unpaired) electrons. The molecule has 0 saturated carbocycles. The zero-order chi connectivity index (χ0) is 22.4. The van der Waals surface area contributed by atoms with E-state index in [2.05, 4.69) is 4.74 Å². The topological polar surface area (TPSA) is 126 Å². The molecule has 3 rings (SSSR count). The molecule has 2 aromatic carbocycles. The number of likely N-dealkylation sites (tertiary alicyclic amines) is 1. The van der Waals surface area contributed by atoms with E-state index in [1.54, 1.807) is 17.0 Å². The summed E-state index contributed by atoms with van der Waals surface area (Å²) in [4.78, 5) is 25.7. The zero-order valence-electron chi connectivity index (χ0n) is 17.8. The lowest BCUT2D eigenvalue weighted by Gasteiger charge is -2.24. The SMILES string of the molecule is COC(=O)C[C@@H]1C[C@@H](COc2ccc(-c3ccc(C(=N)N)cc3)cc2)N(CCO)C1=O.Cl. The third kappa shape index (κ3) is 5.99. The maximum absolute atomic E-state index is 12.6. The monoisotopic (exact) mass is 461 g/mol. The van der Waals surface area contributed by atoms with Crippen LogP contribution in [0, 0.1) is 11.3 Å². The predicted octanol–water partition coefficient (Wildman–Crippen LogP) is 2.21. The number of halogens is 1. The molecule has 1 saturated heterocycles. The Morgan fingerprint density at radius 1 is 1.16 bits per heavy atom. The van der Waals surface area contributed by atoms with Gasteiger partial charge >= 0.3 is 5.97 Å². The highest BCUT2D eigenvalue weighted by molar-refractivity contribution is 5.95. The largest absolute Gasteiger partial charge is 0.491 e. The number of hydrogen-bond acceptors (Lipinski definition) is 6. The molecule has 0 spiro atoms. The van der Waals surface area contributed by atoms with Crippen LogP contribution in [0.4, 0.5) is 0 Å². The third-order valence-electron chi connectivity index (χ3n) is 5.44. The lowest BCUT2D eigenvalue weighted by molar-refractivity contribution is -0.145. The Morgan fingerprint density at radius 2 is 1.75 bits per heavy atom. The van der Waals surface area contributed by atoms with E-state index in [-0.39, 0.29) is 56.4 Å². The van der Waals surface area contributed by atoms with Gasteiger partial charge in [-0.15, -0.1) is 12.4 Å². The summed E-state index contributed by atoms with van der Waals surface area (Å²) in [5.74, 6) is -0.331. The number of hydrogen-bond donors (Lipinski definition) is 3. The molecular weight excluding hydrogens is 434 g/mol. The van der Waals surface area contributed by atoms with Crippen molar-refractivity contribution in [3.8, 4) is 16.9 Å². The van der Waals surface area contributed by atoms with Gasteiger partial charge in [0.1, 0.15) is 18.2 Å². The highest BCUT2D eigenvalue weighted by Gasteiger charge is 2.40. The molecule has 1 aliphatic heterocycles. The van der Waals surface area contributed by atoms with Crippen LogP contribution >= 0.6 is 12.4 Å². The van der Waals surface area contributed by atoms with Crippen molar-refractivity contribution in [1.29, 1.82) is 5.41 Å². The quantitative estimate of drug-likeness (QED) is 0.298. The Morgan fingerprint density at radius 3 is 2.28 bits per heavy atom. The molecular formula is C23H28ClN3O5. The standard InChI is InChI=1S/C23H27N3O5.ClH/c1-30-21(28)13-18-12-19(26(10-11-27)23(18)29)14-31-20-8-6-16(7-9-20)15-2-4-17(5-3-15)22(24)25;/h2-9,18-19,27H,10-14H2,1H3,(H3,24,25);1H/t18-,19-;/m0./s1. The van der Waals surface area contributed by atoms with E-state index >= 15 is 0 Å². The van der Waals surface area contributed by atoms with Gasteiger partial charge in [0.15, 0.2) is 0 Å². The number of rotatable bonds is 9.